The van der Waals surface area contributed by atoms with Crippen molar-refractivity contribution in [3.05, 3.63) is 150 Å². The van der Waals surface area contributed by atoms with Crippen LogP contribution in [-0.4, -0.2) is 30.9 Å². The van der Waals surface area contributed by atoms with Gasteiger partial charge in [0.05, 0.1) is 54.1 Å². The molecular formula is C41H36Cl6N4O2. The van der Waals surface area contributed by atoms with Crippen LogP contribution in [0, 0.1) is 0 Å². The smallest absolute Gasteiger partial charge is 0.244 e. The molecule has 0 radical (unpaired) electrons. The predicted molar refractivity (Wildman–Crippen MR) is 224 cm³/mol. The Balaban J connectivity index is 1.23. The molecule has 2 aliphatic rings. The zero-order valence-corrected chi connectivity index (χ0v) is 33.8. The van der Waals surface area contributed by atoms with Crippen molar-refractivity contribution in [3.63, 3.8) is 0 Å². The number of benzene rings is 4. The molecule has 0 aliphatic carbocycles. The normalized spacial score (nSPS) is 17.8. The third-order valence-corrected chi connectivity index (χ3v) is 11.8. The molecule has 1 unspecified atom stereocenters. The summed E-state index contributed by atoms with van der Waals surface area (Å²) in [6.45, 7) is 8.75. The minimum atomic E-state index is -0.386. The number of halogens is 6. The van der Waals surface area contributed by atoms with Gasteiger partial charge in [-0.2, -0.15) is 0 Å². The molecular weight excluding hydrogens is 793 g/mol. The van der Waals surface area contributed by atoms with Crippen LogP contribution < -0.4 is 20.4 Å². The first kappa shape index (κ1) is 39.1. The van der Waals surface area contributed by atoms with E-state index in [-0.39, 0.29) is 41.8 Å². The molecule has 1 atom stereocenters. The Hall–Kier alpha value is -3.62. The first-order valence-corrected chi connectivity index (χ1v) is 19.0. The number of nitrogens with zero attached hydrogens (tertiary/aromatic N) is 2. The lowest BCUT2D eigenvalue weighted by Crippen LogP contribution is -2.43. The molecule has 4 aromatic rings. The molecule has 0 aromatic heterocycles. The number of amides is 2. The van der Waals surface area contributed by atoms with Crippen molar-refractivity contribution in [1.82, 2.24) is 0 Å². The number of hydrogen-bond acceptors (Lipinski definition) is 4. The molecule has 0 saturated carbocycles. The zero-order valence-electron chi connectivity index (χ0n) is 29.3. The fourth-order valence-corrected chi connectivity index (χ4v) is 8.29. The fourth-order valence-electron chi connectivity index (χ4n) is 7.10. The summed E-state index contributed by atoms with van der Waals surface area (Å²) >= 11 is 37.3. The number of nitrogens with one attached hydrogen (secondary N) is 2. The number of para-hydroxylation sites is 2. The van der Waals surface area contributed by atoms with Crippen molar-refractivity contribution in [3.8, 4) is 0 Å². The molecule has 2 aliphatic heterocycles. The quantitative estimate of drug-likeness (QED) is 0.130. The monoisotopic (exact) mass is 826 g/mol. The molecule has 6 nitrogen and oxygen atoms in total. The molecule has 0 spiro atoms. The summed E-state index contributed by atoms with van der Waals surface area (Å²) in [7, 11) is 0. The highest BCUT2D eigenvalue weighted by molar-refractivity contribution is 6.45. The molecule has 6 rings (SSSR count). The molecule has 0 saturated heterocycles. The third-order valence-electron chi connectivity index (χ3n) is 9.74. The molecule has 0 bridgehead atoms. The standard InChI is InChI=1S/C41H36Cl6N4O2/c1-40(2)24-12-8-10-14-34(24)50(22-38(52)48-32-20-28(44)26(42)18-30(32)46)36(40)16-6-5-7-17-37-41(3,4)25-13-9-11-15-35(25)51(37)23-39(53)49-33-21-29(45)27(43)19-31(33)47/h5-21,36H,22-23H2,1-4H3,(H,48,52)(H,49,53). The van der Waals surface area contributed by atoms with E-state index < -0.39 is 0 Å². The van der Waals surface area contributed by atoms with E-state index in [4.69, 9.17) is 69.6 Å². The second kappa shape index (κ2) is 15.6. The maximum absolute atomic E-state index is 13.4. The van der Waals surface area contributed by atoms with Gasteiger partial charge >= 0.3 is 0 Å². The molecule has 4 aromatic carbocycles. The second-order valence-electron chi connectivity index (χ2n) is 14.0. The van der Waals surface area contributed by atoms with Gasteiger partial charge in [-0.3, -0.25) is 9.59 Å². The minimum absolute atomic E-state index is 0.0471. The number of allylic oxidation sites excluding steroid dienone is 5. The Morgan fingerprint density at radius 2 is 1.15 bits per heavy atom. The maximum Gasteiger partial charge on any atom is 0.244 e. The van der Waals surface area contributed by atoms with Crippen molar-refractivity contribution < 1.29 is 9.59 Å². The average Bonchev–Trinajstić information content (AvgIpc) is 3.44. The lowest BCUT2D eigenvalue weighted by molar-refractivity contribution is -0.115. The Morgan fingerprint density at radius 3 is 1.75 bits per heavy atom. The number of carbonyl (C=O) groups excluding carboxylic acids is 2. The second-order valence-corrected chi connectivity index (χ2v) is 16.4. The lowest BCUT2D eigenvalue weighted by Gasteiger charge is -2.32. The lowest BCUT2D eigenvalue weighted by atomic mass is 9.80. The summed E-state index contributed by atoms with van der Waals surface area (Å²) < 4.78 is 0. The van der Waals surface area contributed by atoms with Gasteiger partial charge in [0.1, 0.15) is 6.54 Å². The fraction of sp³-hybridized carbons (Fsp3) is 0.220. The summed E-state index contributed by atoms with van der Waals surface area (Å²) in [4.78, 5) is 31.0. The summed E-state index contributed by atoms with van der Waals surface area (Å²) in [5, 5.41) is 7.58. The molecule has 2 amide bonds. The van der Waals surface area contributed by atoms with Gasteiger partial charge in [-0.05, 0) is 53.6 Å². The van der Waals surface area contributed by atoms with Gasteiger partial charge in [0, 0.05) is 27.9 Å². The Kier molecular flexibility index (Phi) is 11.5. The molecule has 53 heavy (non-hydrogen) atoms. The van der Waals surface area contributed by atoms with E-state index in [1.165, 1.54) is 12.1 Å². The number of fused-ring (bicyclic) bond motifs is 2. The summed E-state index contributed by atoms with van der Waals surface area (Å²) in [5.74, 6) is -0.508. The highest BCUT2D eigenvalue weighted by Gasteiger charge is 2.44. The van der Waals surface area contributed by atoms with E-state index in [1.54, 1.807) is 12.1 Å². The van der Waals surface area contributed by atoms with Crippen LogP contribution in [0.25, 0.3) is 0 Å². The molecule has 2 N–H and O–H groups in total. The van der Waals surface area contributed by atoms with Gasteiger partial charge in [-0.15, -0.1) is 0 Å². The van der Waals surface area contributed by atoms with Gasteiger partial charge in [-0.25, -0.2) is 0 Å². The highest BCUT2D eigenvalue weighted by atomic mass is 35.5. The van der Waals surface area contributed by atoms with Crippen LogP contribution >= 0.6 is 69.6 Å². The van der Waals surface area contributed by atoms with Crippen molar-refractivity contribution in [2.75, 3.05) is 33.5 Å². The van der Waals surface area contributed by atoms with Gasteiger partial charge < -0.3 is 20.4 Å². The summed E-state index contributed by atoms with van der Waals surface area (Å²) in [6, 6.07) is 22.1. The van der Waals surface area contributed by atoms with Crippen LogP contribution in [0.1, 0.15) is 38.8 Å². The van der Waals surface area contributed by atoms with E-state index in [2.05, 4.69) is 61.4 Å². The van der Waals surface area contributed by atoms with Crippen LogP contribution in [0.15, 0.2) is 109 Å². The van der Waals surface area contributed by atoms with Crippen LogP contribution in [-0.2, 0) is 20.4 Å². The van der Waals surface area contributed by atoms with Gasteiger partial charge in [0.25, 0.3) is 0 Å². The zero-order chi connectivity index (χ0) is 38.2. The largest absolute Gasteiger partial charge is 0.355 e. The van der Waals surface area contributed by atoms with E-state index in [0.29, 0.717) is 41.5 Å². The summed E-state index contributed by atoms with van der Waals surface area (Å²) in [5.41, 5.74) is 5.21. The van der Waals surface area contributed by atoms with Gasteiger partial charge in [0.15, 0.2) is 0 Å². The topological polar surface area (TPSA) is 64.7 Å². The SMILES string of the molecule is CC1(C)C(=CC=CC=CC2N(CC(=O)Nc3cc(Cl)c(Cl)cc3Cl)c3ccccc3C2(C)C)N(CC(=O)Nc2cc(Cl)c(Cl)cc2Cl)c2ccccc21. The maximum atomic E-state index is 13.4. The highest BCUT2D eigenvalue weighted by Crippen LogP contribution is 2.48. The van der Waals surface area contributed by atoms with E-state index in [0.717, 1.165) is 28.2 Å². The van der Waals surface area contributed by atoms with Gasteiger partial charge in [0.2, 0.25) is 11.8 Å². The van der Waals surface area contributed by atoms with Crippen LogP contribution in [0.2, 0.25) is 30.1 Å². The number of hydrogen-bond donors (Lipinski definition) is 2. The molecule has 2 heterocycles. The van der Waals surface area contributed by atoms with E-state index in [9.17, 15) is 9.59 Å². The van der Waals surface area contributed by atoms with Crippen molar-refractivity contribution >= 4 is 104 Å². The van der Waals surface area contributed by atoms with Crippen LogP contribution in [0.5, 0.6) is 0 Å². The number of carbonyl (C=O) groups is 2. The van der Waals surface area contributed by atoms with E-state index in [1.807, 2.05) is 65.6 Å². The first-order chi connectivity index (χ1) is 25.1. The average molecular weight is 829 g/mol. The Labute approximate surface area is 339 Å². The predicted octanol–water partition coefficient (Wildman–Crippen LogP) is 12.1. The molecule has 12 heteroatoms. The van der Waals surface area contributed by atoms with Crippen LogP contribution in [0.4, 0.5) is 22.7 Å². The molecule has 274 valence electrons. The van der Waals surface area contributed by atoms with Gasteiger partial charge in [-0.1, -0.05) is 158 Å². The number of rotatable bonds is 9. The third kappa shape index (κ3) is 7.95. The van der Waals surface area contributed by atoms with Crippen molar-refractivity contribution in [2.45, 2.75) is 44.6 Å². The molecule has 0 fully saturated rings. The summed E-state index contributed by atoms with van der Waals surface area (Å²) in [6.07, 6.45) is 10.1. The minimum Gasteiger partial charge on any atom is -0.355 e. The Morgan fingerprint density at radius 1 is 0.642 bits per heavy atom. The van der Waals surface area contributed by atoms with Crippen LogP contribution in [0.3, 0.4) is 0 Å². The number of anilines is 4. The van der Waals surface area contributed by atoms with Crippen molar-refractivity contribution in [1.29, 1.82) is 0 Å². The first-order valence-electron chi connectivity index (χ1n) is 16.8. The van der Waals surface area contributed by atoms with Crippen molar-refractivity contribution in [2.24, 2.45) is 0 Å². The Bertz CT molecular complexity index is 2200. The van der Waals surface area contributed by atoms with E-state index >= 15 is 0 Å².